The van der Waals surface area contributed by atoms with Crippen LogP contribution in [-0.4, -0.2) is 33.2 Å². The number of aryl methyl sites for hydroxylation is 1. The number of amides is 1. The lowest BCUT2D eigenvalue weighted by atomic mass is 9.86. The van der Waals surface area contributed by atoms with Crippen molar-refractivity contribution in [2.75, 3.05) is 6.54 Å². The normalized spacial score (nSPS) is 24.6. The molecule has 1 amide bonds. The standard InChI is InChI=1S/C12H19N3O2/c1-15-7-10(14-8-15)12(17)13-6-9-4-2-3-5-11(9)16/h7-9,11,16H,2-6H2,1H3,(H,13,17). The zero-order valence-corrected chi connectivity index (χ0v) is 10.1. The maximum atomic E-state index is 11.7. The van der Waals surface area contributed by atoms with Crippen LogP contribution in [0, 0.1) is 5.92 Å². The number of nitrogens with zero attached hydrogens (tertiary/aromatic N) is 2. The molecule has 0 aliphatic heterocycles. The van der Waals surface area contributed by atoms with E-state index < -0.39 is 0 Å². The van der Waals surface area contributed by atoms with Crippen molar-refractivity contribution >= 4 is 5.91 Å². The summed E-state index contributed by atoms with van der Waals surface area (Å²) in [5.41, 5.74) is 0.429. The molecule has 0 spiro atoms. The van der Waals surface area contributed by atoms with Gasteiger partial charge in [0.2, 0.25) is 0 Å². The van der Waals surface area contributed by atoms with E-state index in [1.54, 1.807) is 17.1 Å². The summed E-state index contributed by atoms with van der Waals surface area (Å²) in [5, 5.41) is 12.6. The maximum Gasteiger partial charge on any atom is 0.271 e. The van der Waals surface area contributed by atoms with Crippen LogP contribution in [0.3, 0.4) is 0 Å². The summed E-state index contributed by atoms with van der Waals surface area (Å²) in [4.78, 5) is 15.7. The molecular formula is C12H19N3O2. The maximum absolute atomic E-state index is 11.7. The van der Waals surface area contributed by atoms with Gasteiger partial charge in [0.25, 0.3) is 5.91 Å². The summed E-state index contributed by atoms with van der Waals surface area (Å²) in [6, 6.07) is 0. The lowest BCUT2D eigenvalue weighted by Crippen LogP contribution is -2.36. The molecule has 0 bridgehead atoms. The Bertz CT molecular complexity index is 389. The highest BCUT2D eigenvalue weighted by molar-refractivity contribution is 5.91. The number of carbonyl (C=O) groups excluding carboxylic acids is 1. The molecule has 0 saturated heterocycles. The van der Waals surface area contributed by atoms with Gasteiger partial charge in [-0.15, -0.1) is 0 Å². The van der Waals surface area contributed by atoms with E-state index in [-0.39, 0.29) is 17.9 Å². The molecule has 5 nitrogen and oxygen atoms in total. The molecule has 1 aromatic heterocycles. The number of hydrogen-bond donors (Lipinski definition) is 2. The van der Waals surface area contributed by atoms with Crippen molar-refractivity contribution in [1.82, 2.24) is 14.9 Å². The first kappa shape index (κ1) is 12.1. The van der Waals surface area contributed by atoms with E-state index in [4.69, 9.17) is 0 Å². The van der Waals surface area contributed by atoms with Crippen LogP contribution in [0.15, 0.2) is 12.5 Å². The summed E-state index contributed by atoms with van der Waals surface area (Å²) < 4.78 is 1.74. The Labute approximate surface area is 101 Å². The summed E-state index contributed by atoms with van der Waals surface area (Å²) in [6.07, 6.45) is 7.09. The van der Waals surface area contributed by atoms with Gasteiger partial charge in [-0.2, -0.15) is 0 Å². The number of nitrogens with one attached hydrogen (secondary N) is 1. The fourth-order valence-corrected chi connectivity index (χ4v) is 2.27. The number of carbonyl (C=O) groups is 1. The molecule has 5 heteroatoms. The average Bonchev–Trinajstić information content (AvgIpc) is 2.74. The van der Waals surface area contributed by atoms with E-state index in [9.17, 15) is 9.90 Å². The average molecular weight is 237 g/mol. The Morgan fingerprint density at radius 3 is 3.00 bits per heavy atom. The highest BCUT2D eigenvalue weighted by Crippen LogP contribution is 2.23. The Morgan fingerprint density at radius 2 is 2.35 bits per heavy atom. The van der Waals surface area contributed by atoms with Crippen LogP contribution < -0.4 is 5.32 Å². The second-order valence-electron chi connectivity index (χ2n) is 4.75. The summed E-state index contributed by atoms with van der Waals surface area (Å²) in [7, 11) is 1.83. The predicted octanol–water partition coefficient (Wildman–Crippen LogP) is 0.701. The molecule has 2 rings (SSSR count). The van der Waals surface area contributed by atoms with Crippen LogP contribution in [0.25, 0.3) is 0 Å². The lowest BCUT2D eigenvalue weighted by Gasteiger charge is -2.27. The molecular weight excluding hydrogens is 218 g/mol. The number of imidazole rings is 1. The molecule has 1 heterocycles. The van der Waals surface area contributed by atoms with Gasteiger partial charge in [0.05, 0.1) is 12.4 Å². The van der Waals surface area contributed by atoms with Crippen molar-refractivity contribution < 1.29 is 9.90 Å². The molecule has 0 radical (unpaired) electrons. The van der Waals surface area contributed by atoms with Crippen LogP contribution in [0.2, 0.25) is 0 Å². The second kappa shape index (κ2) is 5.31. The van der Waals surface area contributed by atoms with Crippen LogP contribution in [0.5, 0.6) is 0 Å². The van der Waals surface area contributed by atoms with Crippen molar-refractivity contribution in [3.05, 3.63) is 18.2 Å². The first-order valence-electron chi connectivity index (χ1n) is 6.11. The van der Waals surface area contributed by atoms with Crippen molar-refractivity contribution in [2.45, 2.75) is 31.8 Å². The number of hydrogen-bond acceptors (Lipinski definition) is 3. The largest absolute Gasteiger partial charge is 0.393 e. The van der Waals surface area contributed by atoms with Crippen molar-refractivity contribution in [1.29, 1.82) is 0 Å². The van der Waals surface area contributed by atoms with Gasteiger partial charge in [-0.1, -0.05) is 12.8 Å². The molecule has 1 saturated carbocycles. The van der Waals surface area contributed by atoms with Crippen molar-refractivity contribution in [3.8, 4) is 0 Å². The minimum Gasteiger partial charge on any atom is -0.393 e. The fourth-order valence-electron chi connectivity index (χ4n) is 2.27. The van der Waals surface area contributed by atoms with Gasteiger partial charge in [0.1, 0.15) is 5.69 Å². The van der Waals surface area contributed by atoms with E-state index in [0.29, 0.717) is 12.2 Å². The summed E-state index contributed by atoms with van der Waals surface area (Å²) >= 11 is 0. The first-order valence-corrected chi connectivity index (χ1v) is 6.11. The van der Waals surface area contributed by atoms with Gasteiger partial charge in [-0.05, 0) is 12.8 Å². The number of aromatic nitrogens is 2. The Hall–Kier alpha value is -1.36. The van der Waals surface area contributed by atoms with Crippen molar-refractivity contribution in [2.24, 2.45) is 13.0 Å². The van der Waals surface area contributed by atoms with Gasteiger partial charge < -0.3 is 15.0 Å². The van der Waals surface area contributed by atoms with E-state index in [2.05, 4.69) is 10.3 Å². The minimum atomic E-state index is -0.271. The quantitative estimate of drug-likeness (QED) is 0.813. The predicted molar refractivity (Wildman–Crippen MR) is 63.5 cm³/mol. The Balaban J connectivity index is 1.83. The van der Waals surface area contributed by atoms with E-state index in [1.165, 1.54) is 0 Å². The van der Waals surface area contributed by atoms with Crippen LogP contribution >= 0.6 is 0 Å². The summed E-state index contributed by atoms with van der Waals surface area (Å²) in [6.45, 7) is 0.538. The molecule has 1 aliphatic rings. The monoisotopic (exact) mass is 237 g/mol. The lowest BCUT2D eigenvalue weighted by molar-refractivity contribution is 0.0662. The van der Waals surface area contributed by atoms with E-state index >= 15 is 0 Å². The molecule has 2 unspecified atom stereocenters. The Morgan fingerprint density at radius 1 is 1.59 bits per heavy atom. The third-order valence-electron chi connectivity index (χ3n) is 3.33. The van der Waals surface area contributed by atoms with Crippen LogP contribution in [-0.2, 0) is 7.05 Å². The molecule has 2 atom stereocenters. The highest BCUT2D eigenvalue weighted by atomic mass is 16.3. The minimum absolute atomic E-state index is 0.164. The van der Waals surface area contributed by atoms with Crippen LogP contribution in [0.4, 0.5) is 0 Å². The molecule has 94 valence electrons. The molecule has 0 aromatic carbocycles. The molecule has 1 aliphatic carbocycles. The summed E-state index contributed by atoms with van der Waals surface area (Å²) in [5.74, 6) is 0.0276. The fraction of sp³-hybridized carbons (Fsp3) is 0.667. The van der Waals surface area contributed by atoms with E-state index in [1.807, 2.05) is 7.05 Å². The van der Waals surface area contributed by atoms with Gasteiger partial charge in [0, 0.05) is 25.7 Å². The zero-order valence-electron chi connectivity index (χ0n) is 10.1. The van der Waals surface area contributed by atoms with Gasteiger partial charge in [0.15, 0.2) is 0 Å². The van der Waals surface area contributed by atoms with Crippen LogP contribution in [0.1, 0.15) is 36.2 Å². The third-order valence-corrected chi connectivity index (χ3v) is 3.33. The highest BCUT2D eigenvalue weighted by Gasteiger charge is 2.23. The third kappa shape index (κ3) is 3.06. The topological polar surface area (TPSA) is 67.2 Å². The van der Waals surface area contributed by atoms with Gasteiger partial charge in [-0.25, -0.2) is 4.98 Å². The smallest absolute Gasteiger partial charge is 0.271 e. The van der Waals surface area contributed by atoms with Gasteiger partial charge >= 0.3 is 0 Å². The molecule has 1 aromatic rings. The van der Waals surface area contributed by atoms with Gasteiger partial charge in [-0.3, -0.25) is 4.79 Å². The first-order chi connectivity index (χ1) is 8.16. The zero-order chi connectivity index (χ0) is 12.3. The van der Waals surface area contributed by atoms with E-state index in [0.717, 1.165) is 25.7 Å². The molecule has 2 N–H and O–H groups in total. The number of aliphatic hydroxyl groups excluding tert-OH is 1. The second-order valence-corrected chi connectivity index (χ2v) is 4.75. The molecule has 17 heavy (non-hydrogen) atoms. The number of rotatable bonds is 3. The van der Waals surface area contributed by atoms with Crippen molar-refractivity contribution in [3.63, 3.8) is 0 Å². The number of aliphatic hydroxyl groups is 1. The Kier molecular flexibility index (Phi) is 3.78. The molecule has 1 fully saturated rings. The SMILES string of the molecule is Cn1cnc(C(=O)NCC2CCCCC2O)c1.